The minimum atomic E-state index is -0.402. The summed E-state index contributed by atoms with van der Waals surface area (Å²) in [6.45, 7) is 0.0992. The molecule has 1 aromatic heterocycles. The van der Waals surface area contributed by atoms with Crippen LogP contribution >= 0.6 is 11.6 Å². The zero-order valence-electron chi connectivity index (χ0n) is 16.8. The largest absolute Gasteiger partial charge is 0.493 e. The Hall–Kier alpha value is -3.89. The van der Waals surface area contributed by atoms with E-state index in [4.69, 9.17) is 21.1 Å². The lowest BCUT2D eigenvalue weighted by Crippen LogP contribution is -1.99. The quantitative estimate of drug-likeness (QED) is 0.357. The van der Waals surface area contributed by atoms with Gasteiger partial charge in [-0.2, -0.15) is 5.26 Å². The first-order chi connectivity index (χ1) is 15.5. The molecule has 0 aliphatic rings. The van der Waals surface area contributed by atoms with Crippen LogP contribution in [0.3, 0.4) is 0 Å². The molecule has 0 saturated heterocycles. The van der Waals surface area contributed by atoms with E-state index in [1.54, 1.807) is 30.3 Å². The fourth-order valence-electron chi connectivity index (χ4n) is 3.18. The molecule has 0 spiro atoms. The molecule has 0 saturated carbocycles. The number of rotatable bonds is 6. The van der Waals surface area contributed by atoms with Gasteiger partial charge in [-0.05, 0) is 59.7 Å². The zero-order valence-corrected chi connectivity index (χ0v) is 17.6. The molecule has 160 valence electrons. The number of H-pyrrole nitrogens is 1. The number of aromatic nitrogens is 2. The number of methoxy groups -OCH3 is 1. The topological polar surface area (TPSA) is 70.9 Å². The van der Waals surface area contributed by atoms with Crippen LogP contribution in [0.25, 0.3) is 22.7 Å². The molecule has 1 heterocycles. The summed E-state index contributed by atoms with van der Waals surface area (Å²) in [5, 5.41) is 9.89. The van der Waals surface area contributed by atoms with Gasteiger partial charge in [-0.15, -0.1) is 0 Å². The molecule has 1 N–H and O–H groups in total. The maximum absolute atomic E-state index is 13.4. The van der Waals surface area contributed by atoms with E-state index in [1.807, 2.05) is 0 Å². The summed E-state index contributed by atoms with van der Waals surface area (Å²) >= 11 is 6.41. The van der Waals surface area contributed by atoms with E-state index in [-0.39, 0.29) is 23.0 Å². The van der Waals surface area contributed by atoms with Gasteiger partial charge < -0.3 is 14.5 Å². The van der Waals surface area contributed by atoms with E-state index in [0.29, 0.717) is 39.5 Å². The first kappa shape index (κ1) is 21.3. The fraction of sp³-hybridized carbons (Fsp3) is 0.0833. The normalized spacial score (nSPS) is 11.4. The van der Waals surface area contributed by atoms with Crippen molar-refractivity contribution >= 4 is 34.3 Å². The van der Waals surface area contributed by atoms with Crippen molar-refractivity contribution in [3.8, 4) is 17.6 Å². The number of allylic oxidation sites excluding steroid dienone is 1. The number of halogens is 3. The third-order valence-electron chi connectivity index (χ3n) is 4.65. The van der Waals surface area contributed by atoms with Crippen molar-refractivity contribution in [2.24, 2.45) is 0 Å². The predicted molar refractivity (Wildman–Crippen MR) is 118 cm³/mol. The Labute approximate surface area is 187 Å². The van der Waals surface area contributed by atoms with Crippen LogP contribution in [-0.2, 0) is 6.61 Å². The Morgan fingerprint density at radius 3 is 2.72 bits per heavy atom. The maximum atomic E-state index is 13.4. The Morgan fingerprint density at radius 2 is 1.97 bits per heavy atom. The third-order valence-corrected chi connectivity index (χ3v) is 4.94. The van der Waals surface area contributed by atoms with Crippen LogP contribution in [0.4, 0.5) is 8.78 Å². The van der Waals surface area contributed by atoms with Crippen molar-refractivity contribution in [1.82, 2.24) is 9.97 Å². The molecule has 0 amide bonds. The standard InChI is InChI=1S/C24H16ClF2N3O2/c1-31-22-10-15(9-19(25)23(22)32-13-14-3-2-4-17(26)8-14)7-16(12-28)24-29-20-6-5-18(27)11-21(20)30-24/h2-11H,13H2,1H3,(H,29,30)/b16-7-. The van der Waals surface area contributed by atoms with E-state index in [9.17, 15) is 14.0 Å². The fourth-order valence-corrected chi connectivity index (χ4v) is 3.45. The van der Waals surface area contributed by atoms with Gasteiger partial charge in [0.2, 0.25) is 0 Å². The van der Waals surface area contributed by atoms with Gasteiger partial charge in [0.05, 0.1) is 28.7 Å². The van der Waals surface area contributed by atoms with Crippen molar-refractivity contribution < 1.29 is 18.3 Å². The summed E-state index contributed by atoms with van der Waals surface area (Å²) in [4.78, 5) is 7.29. The number of nitrogens with one attached hydrogen (secondary N) is 1. The molecular weight excluding hydrogens is 436 g/mol. The van der Waals surface area contributed by atoms with Crippen molar-refractivity contribution in [3.63, 3.8) is 0 Å². The predicted octanol–water partition coefficient (Wildman–Crippen LogP) is 6.15. The lowest BCUT2D eigenvalue weighted by Gasteiger charge is -2.13. The Morgan fingerprint density at radius 1 is 1.16 bits per heavy atom. The number of fused-ring (bicyclic) bond motifs is 1. The van der Waals surface area contributed by atoms with Gasteiger partial charge in [-0.1, -0.05) is 23.7 Å². The van der Waals surface area contributed by atoms with Crippen LogP contribution in [0.1, 0.15) is 17.0 Å². The number of hydrogen-bond acceptors (Lipinski definition) is 4. The molecule has 0 aliphatic heterocycles. The highest BCUT2D eigenvalue weighted by Gasteiger charge is 2.14. The number of imidazole rings is 1. The molecule has 0 bridgehead atoms. The Kier molecular flexibility index (Phi) is 6.06. The van der Waals surface area contributed by atoms with E-state index in [2.05, 4.69) is 16.0 Å². The highest BCUT2D eigenvalue weighted by atomic mass is 35.5. The van der Waals surface area contributed by atoms with Crippen molar-refractivity contribution in [2.75, 3.05) is 7.11 Å². The molecule has 8 heteroatoms. The molecule has 4 rings (SSSR count). The summed E-state index contributed by atoms with van der Waals surface area (Å²) in [5.41, 5.74) is 2.47. The molecule has 0 fully saturated rings. The van der Waals surface area contributed by atoms with Crippen LogP contribution in [-0.4, -0.2) is 17.1 Å². The third kappa shape index (κ3) is 4.56. The SMILES string of the molecule is COc1cc(/C=C(/C#N)c2nc3ccc(F)cc3[nH]2)cc(Cl)c1OCc1cccc(F)c1. The molecule has 4 aromatic rings. The van der Waals surface area contributed by atoms with Crippen LogP contribution in [0.5, 0.6) is 11.5 Å². The summed E-state index contributed by atoms with van der Waals surface area (Å²) in [5.74, 6) is 0.189. The second kappa shape index (κ2) is 9.08. The minimum Gasteiger partial charge on any atom is -0.493 e. The smallest absolute Gasteiger partial charge is 0.180 e. The molecule has 3 aromatic carbocycles. The molecule has 0 radical (unpaired) electrons. The average Bonchev–Trinajstić information content (AvgIpc) is 3.19. The van der Waals surface area contributed by atoms with E-state index >= 15 is 0 Å². The summed E-state index contributed by atoms with van der Waals surface area (Å²) in [6.07, 6.45) is 1.58. The van der Waals surface area contributed by atoms with Gasteiger partial charge in [0.25, 0.3) is 0 Å². The highest BCUT2D eigenvalue weighted by Crippen LogP contribution is 2.38. The van der Waals surface area contributed by atoms with E-state index in [1.165, 1.54) is 37.4 Å². The monoisotopic (exact) mass is 451 g/mol. The number of benzene rings is 3. The Bertz CT molecular complexity index is 1380. The van der Waals surface area contributed by atoms with Gasteiger partial charge >= 0.3 is 0 Å². The lowest BCUT2D eigenvalue weighted by molar-refractivity contribution is 0.284. The summed E-state index contributed by atoms with van der Waals surface area (Å²) < 4.78 is 38.0. The van der Waals surface area contributed by atoms with Crippen LogP contribution in [0.15, 0.2) is 54.6 Å². The molecule has 0 unspecified atom stereocenters. The number of hydrogen-bond donors (Lipinski definition) is 1. The maximum Gasteiger partial charge on any atom is 0.180 e. The number of ether oxygens (including phenoxy) is 2. The molecule has 5 nitrogen and oxygen atoms in total. The number of aromatic amines is 1. The van der Waals surface area contributed by atoms with Crippen molar-refractivity contribution in [1.29, 1.82) is 5.26 Å². The first-order valence-corrected chi connectivity index (χ1v) is 9.87. The molecule has 32 heavy (non-hydrogen) atoms. The van der Waals surface area contributed by atoms with Crippen LogP contribution in [0.2, 0.25) is 5.02 Å². The second-order valence-corrected chi connectivity index (χ2v) is 7.28. The second-order valence-electron chi connectivity index (χ2n) is 6.87. The van der Waals surface area contributed by atoms with Gasteiger partial charge in [0, 0.05) is 0 Å². The summed E-state index contributed by atoms with van der Waals surface area (Å²) in [7, 11) is 1.47. The molecule has 0 atom stereocenters. The first-order valence-electron chi connectivity index (χ1n) is 9.49. The van der Waals surface area contributed by atoms with Gasteiger partial charge in [-0.3, -0.25) is 0 Å². The lowest BCUT2D eigenvalue weighted by atomic mass is 10.1. The van der Waals surface area contributed by atoms with Gasteiger partial charge in [-0.25, -0.2) is 13.8 Å². The van der Waals surface area contributed by atoms with Crippen molar-refractivity contribution in [3.05, 3.63) is 88.2 Å². The minimum absolute atomic E-state index is 0.0992. The molecule has 0 aliphatic carbocycles. The Balaban J connectivity index is 1.64. The number of nitrogens with zero attached hydrogens (tertiary/aromatic N) is 2. The highest BCUT2D eigenvalue weighted by molar-refractivity contribution is 6.32. The van der Waals surface area contributed by atoms with E-state index < -0.39 is 5.82 Å². The molecular formula is C24H16ClF2N3O2. The van der Waals surface area contributed by atoms with E-state index in [0.717, 1.165) is 0 Å². The summed E-state index contributed by atoms with van der Waals surface area (Å²) in [6, 6.07) is 15.6. The average molecular weight is 452 g/mol. The number of nitriles is 1. The van der Waals surface area contributed by atoms with Gasteiger partial charge in [0.1, 0.15) is 30.1 Å². The van der Waals surface area contributed by atoms with Crippen molar-refractivity contribution in [2.45, 2.75) is 6.61 Å². The zero-order chi connectivity index (χ0) is 22.7. The van der Waals surface area contributed by atoms with Crippen LogP contribution in [0, 0.1) is 23.0 Å². The van der Waals surface area contributed by atoms with Gasteiger partial charge in [0.15, 0.2) is 11.5 Å². The van der Waals surface area contributed by atoms with Crippen LogP contribution < -0.4 is 9.47 Å².